The molecule has 0 spiro atoms. The smallest absolute Gasteiger partial charge is 0.0594 e. The van der Waals surface area contributed by atoms with E-state index in [1.165, 1.54) is 5.56 Å². The predicted molar refractivity (Wildman–Crippen MR) is 73.3 cm³/mol. The van der Waals surface area contributed by atoms with Gasteiger partial charge in [-0.15, -0.1) is 0 Å². The Balaban J connectivity index is 2.21. The highest BCUT2D eigenvalue weighted by Gasteiger charge is 2.22. The van der Waals surface area contributed by atoms with Crippen LogP contribution in [-0.2, 0) is 4.74 Å². The summed E-state index contributed by atoms with van der Waals surface area (Å²) in [5.41, 5.74) is 7.10. The van der Waals surface area contributed by atoms with E-state index < -0.39 is 0 Å². The molecule has 0 saturated carbocycles. The van der Waals surface area contributed by atoms with Crippen molar-refractivity contribution < 1.29 is 4.74 Å². The highest BCUT2D eigenvalue weighted by Crippen LogP contribution is 2.30. The van der Waals surface area contributed by atoms with Crippen molar-refractivity contribution >= 4 is 27.5 Å². The lowest BCUT2D eigenvalue weighted by molar-refractivity contribution is 0.0177. The van der Waals surface area contributed by atoms with Crippen LogP contribution in [0.25, 0.3) is 0 Å². The SMILES string of the molecule is NCC(c1ccc(Cl)cc1Br)N1CCOCC1. The molecule has 0 aliphatic carbocycles. The Morgan fingerprint density at radius 2 is 2.12 bits per heavy atom. The molecule has 1 aromatic carbocycles. The van der Waals surface area contributed by atoms with E-state index in [1.807, 2.05) is 18.2 Å². The molecule has 1 aromatic rings. The fraction of sp³-hybridized carbons (Fsp3) is 0.500. The van der Waals surface area contributed by atoms with Gasteiger partial charge in [0.2, 0.25) is 0 Å². The van der Waals surface area contributed by atoms with E-state index in [1.54, 1.807) is 0 Å². The van der Waals surface area contributed by atoms with Gasteiger partial charge in [0, 0.05) is 35.2 Å². The Kier molecular flexibility index (Phi) is 4.82. The van der Waals surface area contributed by atoms with Crippen molar-refractivity contribution in [2.45, 2.75) is 6.04 Å². The van der Waals surface area contributed by atoms with Crippen LogP contribution in [0.1, 0.15) is 11.6 Å². The van der Waals surface area contributed by atoms with E-state index in [2.05, 4.69) is 20.8 Å². The zero-order valence-corrected chi connectivity index (χ0v) is 11.9. The van der Waals surface area contributed by atoms with Gasteiger partial charge in [-0.05, 0) is 17.7 Å². The molecule has 1 atom stereocenters. The van der Waals surface area contributed by atoms with Crippen LogP contribution < -0.4 is 5.73 Å². The average Bonchev–Trinajstić information content (AvgIpc) is 2.34. The van der Waals surface area contributed by atoms with Crippen molar-refractivity contribution in [3.63, 3.8) is 0 Å². The second-order valence-electron chi connectivity index (χ2n) is 4.07. The summed E-state index contributed by atoms with van der Waals surface area (Å²) in [5.74, 6) is 0. The maximum absolute atomic E-state index is 5.96. The zero-order valence-electron chi connectivity index (χ0n) is 9.53. The van der Waals surface area contributed by atoms with E-state index in [0.717, 1.165) is 35.8 Å². The van der Waals surface area contributed by atoms with Crippen molar-refractivity contribution in [1.29, 1.82) is 0 Å². The molecule has 0 aromatic heterocycles. The Hall–Kier alpha value is -0.130. The summed E-state index contributed by atoms with van der Waals surface area (Å²) < 4.78 is 6.38. The molecule has 0 bridgehead atoms. The highest BCUT2D eigenvalue weighted by atomic mass is 79.9. The monoisotopic (exact) mass is 318 g/mol. The molecular weight excluding hydrogens is 304 g/mol. The number of ether oxygens (including phenoxy) is 1. The van der Waals surface area contributed by atoms with Crippen LogP contribution in [0.4, 0.5) is 0 Å². The molecule has 1 fully saturated rings. The van der Waals surface area contributed by atoms with Crippen molar-refractivity contribution in [1.82, 2.24) is 4.90 Å². The summed E-state index contributed by atoms with van der Waals surface area (Å²) in [6.07, 6.45) is 0. The summed E-state index contributed by atoms with van der Waals surface area (Å²) in [5, 5.41) is 0.735. The lowest BCUT2D eigenvalue weighted by atomic mass is 10.1. The normalized spacial score (nSPS) is 19.2. The number of nitrogens with zero attached hydrogens (tertiary/aromatic N) is 1. The van der Waals surface area contributed by atoms with Gasteiger partial charge in [-0.25, -0.2) is 0 Å². The van der Waals surface area contributed by atoms with E-state index in [4.69, 9.17) is 22.1 Å². The quantitative estimate of drug-likeness (QED) is 0.930. The van der Waals surface area contributed by atoms with Gasteiger partial charge in [-0.3, -0.25) is 4.90 Å². The molecule has 1 heterocycles. The van der Waals surface area contributed by atoms with Gasteiger partial charge in [0.25, 0.3) is 0 Å². The summed E-state index contributed by atoms with van der Waals surface area (Å²) in [6.45, 7) is 4.01. The molecule has 1 aliphatic rings. The van der Waals surface area contributed by atoms with Gasteiger partial charge >= 0.3 is 0 Å². The molecule has 1 unspecified atom stereocenters. The Morgan fingerprint density at radius 3 is 2.71 bits per heavy atom. The van der Waals surface area contributed by atoms with E-state index in [9.17, 15) is 0 Å². The number of benzene rings is 1. The lowest BCUT2D eigenvalue weighted by Crippen LogP contribution is -2.41. The van der Waals surface area contributed by atoms with Gasteiger partial charge in [-0.2, -0.15) is 0 Å². The number of hydrogen-bond acceptors (Lipinski definition) is 3. The zero-order chi connectivity index (χ0) is 12.3. The van der Waals surface area contributed by atoms with Gasteiger partial charge in [0.15, 0.2) is 0 Å². The summed E-state index contributed by atoms with van der Waals surface area (Å²) in [6, 6.07) is 6.09. The summed E-state index contributed by atoms with van der Waals surface area (Å²) >= 11 is 9.51. The molecule has 5 heteroatoms. The first-order valence-corrected chi connectivity index (χ1v) is 6.86. The fourth-order valence-corrected chi connectivity index (χ4v) is 3.08. The molecule has 2 N–H and O–H groups in total. The van der Waals surface area contributed by atoms with Crippen molar-refractivity contribution in [3.8, 4) is 0 Å². The number of halogens is 2. The first-order chi connectivity index (χ1) is 8.22. The molecule has 0 amide bonds. The number of morpholine rings is 1. The minimum atomic E-state index is 0.227. The molecule has 94 valence electrons. The van der Waals surface area contributed by atoms with Crippen LogP contribution in [0.3, 0.4) is 0 Å². The molecule has 17 heavy (non-hydrogen) atoms. The third kappa shape index (κ3) is 3.20. The van der Waals surface area contributed by atoms with Gasteiger partial charge in [-0.1, -0.05) is 33.6 Å². The van der Waals surface area contributed by atoms with Crippen LogP contribution >= 0.6 is 27.5 Å². The first-order valence-electron chi connectivity index (χ1n) is 5.69. The molecule has 1 saturated heterocycles. The van der Waals surface area contributed by atoms with E-state index >= 15 is 0 Å². The number of rotatable bonds is 3. The van der Waals surface area contributed by atoms with Crippen LogP contribution in [-0.4, -0.2) is 37.7 Å². The molecule has 0 radical (unpaired) electrons. The molecular formula is C12H16BrClN2O. The molecule has 2 rings (SSSR count). The van der Waals surface area contributed by atoms with E-state index in [-0.39, 0.29) is 6.04 Å². The Bertz CT molecular complexity index is 383. The van der Waals surface area contributed by atoms with Gasteiger partial charge in [0.1, 0.15) is 0 Å². The highest BCUT2D eigenvalue weighted by molar-refractivity contribution is 9.10. The summed E-state index contributed by atoms with van der Waals surface area (Å²) in [7, 11) is 0. The Morgan fingerprint density at radius 1 is 1.41 bits per heavy atom. The topological polar surface area (TPSA) is 38.5 Å². The Labute approximate surface area is 115 Å². The van der Waals surface area contributed by atoms with Crippen LogP contribution in [0.2, 0.25) is 5.02 Å². The van der Waals surface area contributed by atoms with Crippen molar-refractivity contribution in [2.24, 2.45) is 5.73 Å². The maximum Gasteiger partial charge on any atom is 0.0594 e. The minimum Gasteiger partial charge on any atom is -0.379 e. The second kappa shape index (κ2) is 6.16. The van der Waals surface area contributed by atoms with Crippen LogP contribution in [0.15, 0.2) is 22.7 Å². The molecule has 1 aliphatic heterocycles. The van der Waals surface area contributed by atoms with E-state index in [0.29, 0.717) is 6.54 Å². The largest absolute Gasteiger partial charge is 0.379 e. The maximum atomic E-state index is 5.96. The lowest BCUT2D eigenvalue weighted by Gasteiger charge is -2.34. The summed E-state index contributed by atoms with van der Waals surface area (Å²) in [4.78, 5) is 2.36. The minimum absolute atomic E-state index is 0.227. The predicted octanol–water partition coefficient (Wildman–Crippen LogP) is 2.43. The van der Waals surface area contributed by atoms with Crippen molar-refractivity contribution in [3.05, 3.63) is 33.3 Å². The van der Waals surface area contributed by atoms with Crippen LogP contribution in [0.5, 0.6) is 0 Å². The number of nitrogens with two attached hydrogens (primary N) is 1. The average molecular weight is 320 g/mol. The standard InChI is InChI=1S/C12H16BrClN2O/c13-11-7-9(14)1-2-10(11)12(8-15)16-3-5-17-6-4-16/h1-2,7,12H,3-6,8,15H2. The first kappa shape index (κ1) is 13.3. The third-order valence-corrected chi connectivity index (χ3v) is 3.95. The van der Waals surface area contributed by atoms with Crippen molar-refractivity contribution in [2.75, 3.05) is 32.8 Å². The third-order valence-electron chi connectivity index (χ3n) is 3.03. The second-order valence-corrected chi connectivity index (χ2v) is 5.36. The fourth-order valence-electron chi connectivity index (χ4n) is 2.13. The van der Waals surface area contributed by atoms with Gasteiger partial charge < -0.3 is 10.5 Å². The van der Waals surface area contributed by atoms with Crippen LogP contribution in [0, 0.1) is 0 Å². The number of hydrogen-bond donors (Lipinski definition) is 1. The molecule has 3 nitrogen and oxygen atoms in total. The van der Waals surface area contributed by atoms with Gasteiger partial charge in [0.05, 0.1) is 13.2 Å².